The van der Waals surface area contributed by atoms with Gasteiger partial charge in [-0.25, -0.2) is 4.98 Å². The number of methoxy groups -OCH3 is 1. The highest BCUT2D eigenvalue weighted by Crippen LogP contribution is 2.31. The van der Waals surface area contributed by atoms with Crippen molar-refractivity contribution in [1.29, 1.82) is 0 Å². The van der Waals surface area contributed by atoms with Crippen molar-refractivity contribution >= 4 is 11.6 Å². The van der Waals surface area contributed by atoms with Crippen LogP contribution >= 0.6 is 0 Å². The SMILES string of the molecule is COCC(C)Nc1cc(C(F)(F)F)cc(N)n1. The van der Waals surface area contributed by atoms with E-state index in [4.69, 9.17) is 10.5 Å². The molecule has 0 fully saturated rings. The Hall–Kier alpha value is -1.50. The molecule has 1 heterocycles. The number of ether oxygens (including phenoxy) is 1. The van der Waals surface area contributed by atoms with Crippen molar-refractivity contribution < 1.29 is 17.9 Å². The second-order valence-electron chi connectivity index (χ2n) is 3.66. The number of alkyl halides is 3. The summed E-state index contributed by atoms with van der Waals surface area (Å²) in [6.07, 6.45) is -4.43. The Morgan fingerprint density at radius 1 is 1.47 bits per heavy atom. The number of hydrogen-bond acceptors (Lipinski definition) is 4. The van der Waals surface area contributed by atoms with Gasteiger partial charge in [0, 0.05) is 13.2 Å². The van der Waals surface area contributed by atoms with Gasteiger partial charge in [0.1, 0.15) is 11.6 Å². The molecule has 4 nitrogen and oxygen atoms in total. The van der Waals surface area contributed by atoms with Crippen molar-refractivity contribution in [3.63, 3.8) is 0 Å². The van der Waals surface area contributed by atoms with E-state index in [9.17, 15) is 13.2 Å². The number of hydrogen-bond donors (Lipinski definition) is 2. The standard InChI is InChI=1S/C10H14F3N3O/c1-6(5-17-2)15-9-4-7(10(11,12)13)3-8(14)16-9/h3-4,6H,5H2,1-2H3,(H3,14,15,16). The number of nitrogens with one attached hydrogen (secondary N) is 1. The molecular formula is C10H14F3N3O. The molecule has 0 aliphatic heterocycles. The minimum absolute atomic E-state index is 0.0851. The molecule has 1 aromatic rings. The molecule has 0 aromatic carbocycles. The zero-order chi connectivity index (χ0) is 13.1. The fourth-order valence-corrected chi connectivity index (χ4v) is 1.33. The van der Waals surface area contributed by atoms with E-state index in [-0.39, 0.29) is 17.7 Å². The number of nitrogen functional groups attached to an aromatic ring is 1. The first-order chi connectivity index (χ1) is 7.82. The zero-order valence-electron chi connectivity index (χ0n) is 9.51. The maximum Gasteiger partial charge on any atom is 0.416 e. The van der Waals surface area contributed by atoms with E-state index in [0.717, 1.165) is 12.1 Å². The third kappa shape index (κ3) is 4.10. The van der Waals surface area contributed by atoms with Crippen LogP contribution in [0.5, 0.6) is 0 Å². The number of nitrogens with two attached hydrogens (primary N) is 1. The summed E-state index contributed by atoms with van der Waals surface area (Å²) in [7, 11) is 1.51. The quantitative estimate of drug-likeness (QED) is 0.858. The molecule has 1 rings (SSSR count). The minimum Gasteiger partial charge on any atom is -0.384 e. The molecule has 0 radical (unpaired) electrons. The third-order valence-electron chi connectivity index (χ3n) is 1.98. The topological polar surface area (TPSA) is 60.2 Å². The first-order valence-corrected chi connectivity index (χ1v) is 4.93. The summed E-state index contributed by atoms with van der Waals surface area (Å²) in [6.45, 7) is 2.12. The number of nitrogens with zero attached hydrogens (tertiary/aromatic N) is 1. The van der Waals surface area contributed by atoms with Gasteiger partial charge in [0.15, 0.2) is 0 Å². The van der Waals surface area contributed by atoms with Crippen LogP contribution in [0, 0.1) is 0 Å². The molecule has 7 heteroatoms. The predicted octanol–water partition coefficient (Wildman–Crippen LogP) is 2.13. The summed E-state index contributed by atoms with van der Waals surface area (Å²) in [6, 6.07) is 1.56. The molecule has 0 aliphatic rings. The third-order valence-corrected chi connectivity index (χ3v) is 1.98. The van der Waals surface area contributed by atoms with E-state index in [1.807, 2.05) is 0 Å². The van der Waals surface area contributed by atoms with Gasteiger partial charge in [0.05, 0.1) is 12.2 Å². The van der Waals surface area contributed by atoms with Gasteiger partial charge in [-0.2, -0.15) is 13.2 Å². The van der Waals surface area contributed by atoms with Crippen molar-refractivity contribution in [3.8, 4) is 0 Å². The normalized spacial score (nSPS) is 13.5. The Morgan fingerprint density at radius 3 is 2.65 bits per heavy atom. The lowest BCUT2D eigenvalue weighted by molar-refractivity contribution is -0.137. The average Bonchev–Trinajstić information content (AvgIpc) is 2.15. The van der Waals surface area contributed by atoms with Crippen LogP contribution in [0.3, 0.4) is 0 Å². The first kappa shape index (κ1) is 13.6. The largest absolute Gasteiger partial charge is 0.416 e. The highest BCUT2D eigenvalue weighted by molar-refractivity contribution is 5.47. The smallest absolute Gasteiger partial charge is 0.384 e. The second kappa shape index (κ2) is 5.22. The van der Waals surface area contributed by atoms with Crippen molar-refractivity contribution in [2.24, 2.45) is 0 Å². The number of rotatable bonds is 4. The van der Waals surface area contributed by atoms with Gasteiger partial charge in [-0.15, -0.1) is 0 Å². The Kier molecular flexibility index (Phi) is 4.17. The Balaban J connectivity index is 2.90. The van der Waals surface area contributed by atoms with E-state index in [2.05, 4.69) is 10.3 Å². The minimum atomic E-state index is -4.43. The lowest BCUT2D eigenvalue weighted by atomic mass is 10.2. The molecule has 0 aliphatic carbocycles. The Labute approximate surface area is 97.0 Å². The monoisotopic (exact) mass is 249 g/mol. The van der Waals surface area contributed by atoms with Crippen LogP contribution in [-0.4, -0.2) is 24.7 Å². The molecule has 1 unspecified atom stereocenters. The summed E-state index contributed by atoms with van der Waals surface area (Å²) in [5.41, 5.74) is 4.50. The molecular weight excluding hydrogens is 235 g/mol. The Morgan fingerprint density at radius 2 is 2.12 bits per heavy atom. The van der Waals surface area contributed by atoms with Crippen molar-refractivity contribution in [1.82, 2.24) is 4.98 Å². The number of halogens is 3. The highest BCUT2D eigenvalue weighted by atomic mass is 19.4. The zero-order valence-corrected chi connectivity index (χ0v) is 9.51. The van der Waals surface area contributed by atoms with E-state index < -0.39 is 11.7 Å². The number of aromatic nitrogens is 1. The van der Waals surface area contributed by atoms with Crippen LogP contribution in [0.2, 0.25) is 0 Å². The summed E-state index contributed by atoms with van der Waals surface area (Å²) in [4.78, 5) is 3.78. The van der Waals surface area contributed by atoms with Crippen molar-refractivity contribution in [2.75, 3.05) is 24.8 Å². The number of pyridine rings is 1. The summed E-state index contributed by atoms with van der Waals surface area (Å²) in [5.74, 6) is -0.0891. The van der Waals surface area contributed by atoms with Crippen LogP contribution in [0.4, 0.5) is 24.8 Å². The molecule has 0 saturated heterocycles. The average molecular weight is 249 g/mol. The molecule has 0 amide bonds. The van der Waals surface area contributed by atoms with Crippen molar-refractivity contribution in [3.05, 3.63) is 17.7 Å². The molecule has 17 heavy (non-hydrogen) atoms. The van der Waals surface area contributed by atoms with Crippen LogP contribution in [0.25, 0.3) is 0 Å². The highest BCUT2D eigenvalue weighted by Gasteiger charge is 2.31. The fourth-order valence-electron chi connectivity index (χ4n) is 1.33. The van der Waals surface area contributed by atoms with E-state index in [1.54, 1.807) is 6.92 Å². The molecule has 0 bridgehead atoms. The molecule has 1 atom stereocenters. The van der Waals surface area contributed by atoms with Gasteiger partial charge < -0.3 is 15.8 Å². The van der Waals surface area contributed by atoms with Crippen LogP contribution < -0.4 is 11.1 Å². The maximum atomic E-state index is 12.5. The van der Waals surface area contributed by atoms with E-state index in [1.165, 1.54) is 7.11 Å². The van der Waals surface area contributed by atoms with Crippen LogP contribution in [0.1, 0.15) is 12.5 Å². The Bertz CT molecular complexity index is 382. The van der Waals surface area contributed by atoms with Gasteiger partial charge in [-0.1, -0.05) is 0 Å². The van der Waals surface area contributed by atoms with Gasteiger partial charge in [-0.05, 0) is 19.1 Å². The molecule has 0 saturated carbocycles. The van der Waals surface area contributed by atoms with Crippen molar-refractivity contribution in [2.45, 2.75) is 19.1 Å². The first-order valence-electron chi connectivity index (χ1n) is 4.93. The van der Waals surface area contributed by atoms with E-state index >= 15 is 0 Å². The van der Waals surface area contributed by atoms with Gasteiger partial charge in [0.25, 0.3) is 0 Å². The molecule has 3 N–H and O–H groups in total. The fraction of sp³-hybridized carbons (Fsp3) is 0.500. The second-order valence-corrected chi connectivity index (χ2v) is 3.66. The molecule has 1 aromatic heterocycles. The summed E-state index contributed by atoms with van der Waals surface area (Å²) >= 11 is 0. The molecule has 96 valence electrons. The van der Waals surface area contributed by atoms with Gasteiger partial charge in [-0.3, -0.25) is 0 Å². The predicted molar refractivity (Wildman–Crippen MR) is 58.6 cm³/mol. The molecule has 0 spiro atoms. The lowest BCUT2D eigenvalue weighted by Gasteiger charge is -2.15. The lowest BCUT2D eigenvalue weighted by Crippen LogP contribution is -2.22. The summed E-state index contributed by atoms with van der Waals surface area (Å²) in [5, 5.41) is 2.78. The number of anilines is 2. The van der Waals surface area contributed by atoms with Crippen LogP contribution in [0.15, 0.2) is 12.1 Å². The summed E-state index contributed by atoms with van der Waals surface area (Å²) < 4.78 is 42.4. The van der Waals surface area contributed by atoms with Gasteiger partial charge >= 0.3 is 6.18 Å². The van der Waals surface area contributed by atoms with Crippen LogP contribution in [-0.2, 0) is 10.9 Å². The maximum absolute atomic E-state index is 12.5. The van der Waals surface area contributed by atoms with Gasteiger partial charge in [0.2, 0.25) is 0 Å². The van der Waals surface area contributed by atoms with E-state index in [0.29, 0.717) is 6.61 Å².